The van der Waals surface area contributed by atoms with Crippen LogP contribution < -0.4 is 0 Å². The zero-order valence-corrected chi connectivity index (χ0v) is 14.8. The largest absolute Gasteiger partial charge is 0.741 e. The van der Waals surface area contributed by atoms with E-state index in [9.17, 15) is 26.3 Å². The van der Waals surface area contributed by atoms with Crippen LogP contribution in [0, 0.1) is 6.92 Å². The number of benzene rings is 1. The molecule has 0 saturated heterocycles. The Bertz CT molecular complexity index is 848. The smallest absolute Gasteiger partial charge is 0.600 e. The van der Waals surface area contributed by atoms with Gasteiger partial charge >= 0.3 is 11.0 Å². The first-order valence-corrected chi connectivity index (χ1v) is 9.35. The Hall–Kier alpha value is -1.33. The fourth-order valence-electron chi connectivity index (χ4n) is 2.01. The summed E-state index contributed by atoms with van der Waals surface area (Å²) in [6.45, 7) is 5.49. The molecular weight excluding hydrogens is 394 g/mol. The van der Waals surface area contributed by atoms with Gasteiger partial charge in [-0.1, -0.05) is 26.0 Å². The molecule has 0 spiro atoms. The summed E-state index contributed by atoms with van der Waals surface area (Å²) < 4.78 is 98.8. The van der Waals surface area contributed by atoms with Gasteiger partial charge in [0.2, 0.25) is 0 Å². The average Bonchev–Trinajstić information content (AvgIpc) is 2.77. The first-order chi connectivity index (χ1) is 11.1. The molecule has 1 aromatic heterocycles. The molecule has 1 aromatic carbocycles. The summed E-state index contributed by atoms with van der Waals surface area (Å²) >= 11 is 0. The summed E-state index contributed by atoms with van der Waals surface area (Å²) in [7, 11) is -7.83. The first kappa shape index (κ1) is 21.7. The molecule has 0 amide bonds. The van der Waals surface area contributed by atoms with E-state index in [-0.39, 0.29) is 5.92 Å². The molecule has 1 atom stereocenters. The number of halogens is 6. The number of alkyl halides is 6. The highest BCUT2D eigenvalue weighted by Gasteiger charge is 2.48. The van der Waals surface area contributed by atoms with Crippen molar-refractivity contribution in [1.82, 2.24) is 0 Å². The maximum absolute atomic E-state index is 13.2. The first-order valence-electron chi connectivity index (χ1n) is 6.72. The minimum Gasteiger partial charge on any atom is -0.741 e. The predicted octanol–water partition coefficient (Wildman–Crippen LogP) is 5.55. The summed E-state index contributed by atoms with van der Waals surface area (Å²) in [5.41, 5.74) is -8.90. The summed E-state index contributed by atoms with van der Waals surface area (Å²) in [6, 6.07) is 6.89. The van der Waals surface area contributed by atoms with Crippen molar-refractivity contribution >= 4 is 30.7 Å². The van der Waals surface area contributed by atoms with E-state index < -0.39 is 31.6 Å². The number of rotatable bonds is 1. The van der Waals surface area contributed by atoms with Crippen LogP contribution in [-0.4, -0.2) is 18.5 Å². The normalized spacial score (nSPS) is 13.8. The van der Waals surface area contributed by atoms with Crippen molar-refractivity contribution in [2.75, 3.05) is 0 Å². The third-order valence-corrected chi connectivity index (χ3v) is 6.00. The number of hydrogen-bond donors (Lipinski definition) is 0. The third kappa shape index (κ3) is 5.08. The quantitative estimate of drug-likeness (QED) is 0.269. The van der Waals surface area contributed by atoms with Gasteiger partial charge < -0.3 is 4.55 Å². The number of thiophene rings is 1. The van der Waals surface area contributed by atoms with Crippen LogP contribution in [0.2, 0.25) is 0 Å². The molecular formula is C14H14F6O3S2. The summed E-state index contributed by atoms with van der Waals surface area (Å²) in [5.74, 6) is -0.0771. The lowest BCUT2D eigenvalue weighted by Gasteiger charge is -2.08. The zero-order valence-electron chi connectivity index (χ0n) is 13.2. The van der Waals surface area contributed by atoms with E-state index >= 15 is 0 Å². The molecule has 0 fully saturated rings. The van der Waals surface area contributed by atoms with E-state index in [0.717, 1.165) is 10.9 Å². The van der Waals surface area contributed by atoms with Gasteiger partial charge in [-0.15, -0.1) is 13.2 Å². The van der Waals surface area contributed by atoms with Gasteiger partial charge in [-0.05, 0) is 18.6 Å². The van der Waals surface area contributed by atoms with Crippen molar-refractivity contribution in [3.8, 4) is 0 Å². The van der Waals surface area contributed by atoms with Crippen LogP contribution in [0.3, 0.4) is 0 Å². The molecule has 142 valence electrons. The minimum atomic E-state index is -6.09. The van der Waals surface area contributed by atoms with Crippen molar-refractivity contribution in [3.05, 3.63) is 34.7 Å². The van der Waals surface area contributed by atoms with Crippen molar-refractivity contribution in [2.45, 2.75) is 37.7 Å². The van der Waals surface area contributed by atoms with Crippen LogP contribution in [-0.2, 0) is 15.6 Å². The van der Waals surface area contributed by atoms with Gasteiger partial charge in [0.1, 0.15) is 0 Å². The number of fused-ring (bicyclic) bond motifs is 1. The summed E-state index contributed by atoms with van der Waals surface area (Å²) in [5, 5.41) is 0.761. The summed E-state index contributed by atoms with van der Waals surface area (Å²) in [4.78, 5) is 0.502. The summed E-state index contributed by atoms with van der Waals surface area (Å²) in [6.07, 6.45) is 0. The molecule has 11 heteroatoms. The van der Waals surface area contributed by atoms with Gasteiger partial charge in [0.15, 0.2) is 19.7 Å². The highest BCUT2D eigenvalue weighted by atomic mass is 32.2. The van der Waals surface area contributed by atoms with Gasteiger partial charge in [-0.25, -0.2) is 8.42 Å². The maximum Gasteiger partial charge on any atom is 0.600 e. The lowest BCUT2D eigenvalue weighted by atomic mass is 10.1. The van der Waals surface area contributed by atoms with Crippen LogP contribution in [0.5, 0.6) is 0 Å². The highest BCUT2D eigenvalue weighted by molar-refractivity contribution is 7.86. The second kappa shape index (κ2) is 7.12. The van der Waals surface area contributed by atoms with Gasteiger partial charge in [-0.2, -0.15) is 13.2 Å². The van der Waals surface area contributed by atoms with Crippen molar-refractivity contribution in [2.24, 2.45) is 0 Å². The molecule has 0 N–H and O–H groups in total. The lowest BCUT2D eigenvalue weighted by Crippen LogP contribution is -2.21. The van der Waals surface area contributed by atoms with Gasteiger partial charge in [0.05, 0.1) is 10.5 Å². The SMILES string of the molecule is Cc1cccc2c1cc(C(C)C)[s+]2C(F)(F)F.O=S(=O)([O-])C(F)(F)F. The molecule has 0 bridgehead atoms. The second-order valence-electron chi connectivity index (χ2n) is 5.34. The Morgan fingerprint density at radius 3 is 1.92 bits per heavy atom. The van der Waals surface area contributed by atoms with Gasteiger partial charge in [0.25, 0.3) is 0 Å². The van der Waals surface area contributed by atoms with Crippen LogP contribution in [0.4, 0.5) is 26.3 Å². The molecule has 2 aromatic rings. The second-order valence-corrected chi connectivity index (χ2v) is 8.70. The van der Waals surface area contributed by atoms with E-state index in [1.54, 1.807) is 18.2 Å². The molecule has 0 saturated carbocycles. The van der Waals surface area contributed by atoms with E-state index in [0.29, 0.717) is 9.58 Å². The van der Waals surface area contributed by atoms with Crippen LogP contribution >= 0.6 is 10.5 Å². The third-order valence-electron chi connectivity index (χ3n) is 3.11. The van der Waals surface area contributed by atoms with Crippen molar-refractivity contribution < 1.29 is 39.3 Å². The van der Waals surface area contributed by atoms with Crippen LogP contribution in [0.1, 0.15) is 30.2 Å². The Balaban J connectivity index is 0.000000333. The molecule has 1 heterocycles. The van der Waals surface area contributed by atoms with Gasteiger partial charge in [-0.3, -0.25) is 0 Å². The Morgan fingerprint density at radius 1 is 1.08 bits per heavy atom. The molecule has 0 aliphatic rings. The molecule has 2 rings (SSSR count). The Kier molecular flexibility index (Phi) is 6.18. The Morgan fingerprint density at radius 2 is 1.56 bits per heavy atom. The van der Waals surface area contributed by atoms with Crippen molar-refractivity contribution in [1.29, 1.82) is 0 Å². The average molecular weight is 408 g/mol. The maximum atomic E-state index is 13.2. The van der Waals surface area contributed by atoms with Crippen LogP contribution in [0.25, 0.3) is 10.1 Å². The fourth-order valence-corrected chi connectivity index (χ4v) is 4.14. The highest BCUT2D eigenvalue weighted by Crippen LogP contribution is 2.53. The fraction of sp³-hybridized carbons (Fsp3) is 0.429. The minimum absolute atomic E-state index is 0.0771. The Labute approximate surface area is 143 Å². The van der Waals surface area contributed by atoms with Gasteiger partial charge in [0, 0.05) is 17.4 Å². The zero-order chi connectivity index (χ0) is 19.8. The van der Waals surface area contributed by atoms with E-state index in [1.807, 2.05) is 26.8 Å². The van der Waals surface area contributed by atoms with Crippen LogP contribution in [0.15, 0.2) is 24.3 Å². The molecule has 1 unspecified atom stereocenters. The number of hydrogen-bond acceptors (Lipinski definition) is 3. The van der Waals surface area contributed by atoms with Crippen molar-refractivity contribution in [3.63, 3.8) is 0 Å². The number of aryl methyl sites for hydroxylation is 1. The predicted molar refractivity (Wildman–Crippen MR) is 82.3 cm³/mol. The molecule has 0 aliphatic carbocycles. The van der Waals surface area contributed by atoms with E-state index in [2.05, 4.69) is 0 Å². The monoisotopic (exact) mass is 408 g/mol. The van der Waals surface area contributed by atoms with E-state index in [4.69, 9.17) is 13.0 Å². The molecule has 3 nitrogen and oxygen atoms in total. The lowest BCUT2D eigenvalue weighted by molar-refractivity contribution is -0.0868. The molecule has 0 radical (unpaired) electrons. The topological polar surface area (TPSA) is 57.2 Å². The standard InChI is InChI=1S/C13H14F3S.CHF3O3S/c1-8(2)12-7-10-9(3)5-4-6-11(10)17(12)13(14,15)16;2-1(3,4)8(5,6)7/h4-8H,1-3H3;(H,5,6,7)/q+1;/p-1. The van der Waals surface area contributed by atoms with E-state index in [1.165, 1.54) is 0 Å². The molecule has 25 heavy (non-hydrogen) atoms. The molecule has 0 aliphatic heterocycles.